The summed E-state index contributed by atoms with van der Waals surface area (Å²) in [4.78, 5) is 43.8. The number of nitrogens with one attached hydrogen (secondary N) is 3. The van der Waals surface area contributed by atoms with Crippen molar-refractivity contribution in [2.45, 2.75) is 65.6 Å². The van der Waals surface area contributed by atoms with Gasteiger partial charge >= 0.3 is 18.2 Å². The minimum absolute atomic E-state index is 0.0971. The number of halogens is 2. The van der Waals surface area contributed by atoms with Crippen LogP contribution in [0.15, 0.2) is 48.5 Å². The van der Waals surface area contributed by atoms with E-state index in [1.54, 1.807) is 39.0 Å². The number of ether oxygens (including phenoxy) is 2. The molecule has 0 saturated heterocycles. The van der Waals surface area contributed by atoms with E-state index in [9.17, 15) is 28.0 Å². The lowest BCUT2D eigenvalue weighted by Crippen LogP contribution is -2.34. The Kier molecular flexibility index (Phi) is 19.9. The summed E-state index contributed by atoms with van der Waals surface area (Å²) < 4.78 is 36.1. The first-order valence-electron chi connectivity index (χ1n) is 14.6. The molecule has 13 heteroatoms. The second kappa shape index (κ2) is 22.4. The molecule has 0 fully saturated rings. The van der Waals surface area contributed by atoms with Crippen molar-refractivity contribution in [1.82, 2.24) is 16.0 Å². The number of carbonyl (C=O) groups is 4. The highest BCUT2D eigenvalue weighted by Crippen LogP contribution is 2.07. The van der Waals surface area contributed by atoms with E-state index in [0.29, 0.717) is 32.6 Å². The highest BCUT2D eigenvalue weighted by Gasteiger charge is 2.16. The first-order valence-corrected chi connectivity index (χ1v) is 14.6. The van der Waals surface area contributed by atoms with Gasteiger partial charge in [0.05, 0.1) is 11.1 Å². The first kappa shape index (κ1) is 41.9. The van der Waals surface area contributed by atoms with Crippen LogP contribution in [0.4, 0.5) is 18.4 Å². The zero-order chi connectivity index (χ0) is 35.9. The number of benzene rings is 2. The van der Waals surface area contributed by atoms with E-state index in [2.05, 4.69) is 33.7 Å². The van der Waals surface area contributed by atoms with Gasteiger partial charge in [-0.05, 0) is 85.2 Å². The molecule has 0 unspecified atom stereocenters. The third-order valence-corrected chi connectivity index (χ3v) is 4.72. The Hall–Kier alpha value is -5.14. The lowest BCUT2D eigenvalue weighted by atomic mass is 10.2. The Balaban J connectivity index is 0.000000743. The Bertz CT molecular complexity index is 1430. The maximum Gasteiger partial charge on any atom is 0.407 e. The van der Waals surface area contributed by atoms with Crippen LogP contribution < -0.4 is 21.7 Å². The van der Waals surface area contributed by atoms with Crippen molar-refractivity contribution in [3.63, 3.8) is 0 Å². The van der Waals surface area contributed by atoms with Gasteiger partial charge in [0.1, 0.15) is 22.8 Å². The largest absolute Gasteiger partial charge is 0.472 e. The molecule has 0 atom stereocenters. The van der Waals surface area contributed by atoms with E-state index in [-0.39, 0.29) is 17.2 Å². The van der Waals surface area contributed by atoms with Gasteiger partial charge in [0.2, 0.25) is 0 Å². The van der Waals surface area contributed by atoms with Crippen LogP contribution in [0.1, 0.15) is 65.5 Å². The summed E-state index contributed by atoms with van der Waals surface area (Å²) in [6.45, 7) is 12.7. The molecule has 11 nitrogen and oxygen atoms in total. The van der Waals surface area contributed by atoms with Gasteiger partial charge in [0.15, 0.2) is 0 Å². The molecule has 0 radical (unpaired) electrons. The number of carboxylic acids is 1. The summed E-state index contributed by atoms with van der Waals surface area (Å²) in [6.07, 6.45) is 0.435. The average Bonchev–Trinajstić information content (AvgIpc) is 2.95. The summed E-state index contributed by atoms with van der Waals surface area (Å²) >= 11 is 0. The number of hydrogen-bond acceptors (Lipinski definition) is 7. The third-order valence-electron chi connectivity index (χ3n) is 4.72. The lowest BCUT2D eigenvalue weighted by Gasteiger charge is -2.19. The molecule has 0 aromatic heterocycles. The third kappa shape index (κ3) is 24.8. The minimum Gasteiger partial charge on any atom is -0.472 e. The molecule has 3 amide bonds. The fourth-order valence-corrected chi connectivity index (χ4v) is 2.82. The van der Waals surface area contributed by atoms with Crippen LogP contribution in [0.2, 0.25) is 0 Å². The number of carboxylic acid groups (broad SMARTS) is 1. The van der Waals surface area contributed by atoms with E-state index < -0.39 is 40.8 Å². The zero-order valence-corrected chi connectivity index (χ0v) is 27.6. The SMILES string of the molecule is CC(C)(C)OC(=O)NCCCN.CC(C)(C)OC(=O)NCCCNC(=O)C#Cc1ccccc1F.O=C(O)C#Cc1ccccc1F. The zero-order valence-electron chi connectivity index (χ0n) is 27.6. The van der Waals surface area contributed by atoms with Crippen molar-refractivity contribution in [2.75, 3.05) is 26.2 Å². The monoisotopic (exact) mass is 658 g/mol. The minimum atomic E-state index is -1.27. The molecular formula is C34H44F2N4O7. The predicted molar refractivity (Wildman–Crippen MR) is 174 cm³/mol. The molecule has 0 bridgehead atoms. The van der Waals surface area contributed by atoms with Crippen LogP contribution in [-0.4, -0.2) is 66.6 Å². The van der Waals surface area contributed by atoms with Gasteiger partial charge in [-0.2, -0.15) is 0 Å². The van der Waals surface area contributed by atoms with E-state index in [4.69, 9.17) is 20.3 Å². The van der Waals surface area contributed by atoms with E-state index in [0.717, 1.165) is 6.42 Å². The standard InChI is InChI=1S/C17H21FN2O3.C9H5FO2.C8H18N2O2/c1-17(2,3)23-16(22)20-12-6-11-19-15(21)10-9-13-7-4-5-8-14(13)18;10-8-4-2-1-3-7(8)5-6-9(11)12;1-8(2,3)12-7(11)10-6-4-5-9/h4-5,7-8H,6,11-12H2,1-3H3,(H,19,21)(H,20,22);1-4H,(H,11,12);4-6,9H2,1-3H3,(H,10,11). The normalized spacial score (nSPS) is 9.98. The van der Waals surface area contributed by atoms with Crippen molar-refractivity contribution in [2.24, 2.45) is 5.73 Å². The Morgan fingerprint density at radius 2 is 1.11 bits per heavy atom. The van der Waals surface area contributed by atoms with Crippen molar-refractivity contribution < 1.29 is 42.5 Å². The molecular weight excluding hydrogens is 614 g/mol. The second-order valence-electron chi connectivity index (χ2n) is 11.4. The van der Waals surface area contributed by atoms with Crippen molar-refractivity contribution in [1.29, 1.82) is 0 Å². The fraction of sp³-hybridized carbons (Fsp3) is 0.412. The summed E-state index contributed by atoms with van der Waals surface area (Å²) in [6, 6.07) is 11.7. The maximum atomic E-state index is 13.3. The van der Waals surface area contributed by atoms with Crippen molar-refractivity contribution in [3.8, 4) is 23.7 Å². The van der Waals surface area contributed by atoms with Crippen LogP contribution in [0.3, 0.4) is 0 Å². The molecule has 2 rings (SSSR count). The number of rotatable bonds is 7. The molecule has 0 aliphatic rings. The average molecular weight is 659 g/mol. The van der Waals surface area contributed by atoms with Gasteiger partial charge in [-0.25, -0.2) is 23.2 Å². The van der Waals surface area contributed by atoms with Gasteiger partial charge in [0.25, 0.3) is 5.91 Å². The molecule has 256 valence electrons. The molecule has 2 aromatic carbocycles. The summed E-state index contributed by atoms with van der Waals surface area (Å²) in [7, 11) is 0. The van der Waals surface area contributed by atoms with Gasteiger partial charge in [-0.3, -0.25) is 4.79 Å². The molecule has 0 heterocycles. The highest BCUT2D eigenvalue weighted by molar-refractivity contribution is 5.94. The number of nitrogens with two attached hydrogens (primary N) is 1. The first-order chi connectivity index (χ1) is 21.9. The molecule has 2 aromatic rings. The molecule has 6 N–H and O–H groups in total. The van der Waals surface area contributed by atoms with E-state index in [1.807, 2.05) is 26.7 Å². The molecule has 47 heavy (non-hydrogen) atoms. The van der Waals surface area contributed by atoms with Crippen LogP contribution >= 0.6 is 0 Å². The molecule has 0 saturated carbocycles. The number of amides is 3. The Labute approximate surface area is 275 Å². The van der Waals surface area contributed by atoms with Crippen LogP contribution in [0, 0.1) is 35.3 Å². The number of hydrogen-bond donors (Lipinski definition) is 5. The second-order valence-corrected chi connectivity index (χ2v) is 11.4. The highest BCUT2D eigenvalue weighted by atomic mass is 19.1. The quantitative estimate of drug-likeness (QED) is 0.216. The van der Waals surface area contributed by atoms with Gasteiger partial charge in [-0.1, -0.05) is 36.1 Å². The lowest BCUT2D eigenvalue weighted by molar-refractivity contribution is -0.130. The van der Waals surface area contributed by atoms with Gasteiger partial charge < -0.3 is 36.3 Å². The maximum absolute atomic E-state index is 13.3. The van der Waals surface area contributed by atoms with Gasteiger partial charge in [-0.15, -0.1) is 0 Å². The number of carbonyl (C=O) groups excluding carboxylic acids is 3. The predicted octanol–water partition coefficient (Wildman–Crippen LogP) is 4.33. The smallest absolute Gasteiger partial charge is 0.407 e. The van der Waals surface area contributed by atoms with Crippen LogP contribution in [-0.2, 0) is 19.1 Å². The molecule has 0 spiro atoms. The topological polar surface area (TPSA) is 169 Å². The molecule has 0 aliphatic carbocycles. The fourth-order valence-electron chi connectivity index (χ4n) is 2.82. The van der Waals surface area contributed by atoms with Gasteiger partial charge in [0, 0.05) is 31.5 Å². The van der Waals surface area contributed by atoms with Crippen LogP contribution in [0.5, 0.6) is 0 Å². The summed E-state index contributed by atoms with van der Waals surface area (Å²) in [5.41, 5.74) is 4.56. The summed E-state index contributed by atoms with van der Waals surface area (Å²) in [5.74, 6) is 6.07. The Morgan fingerprint density at radius 1 is 0.702 bits per heavy atom. The summed E-state index contributed by atoms with van der Waals surface area (Å²) in [5, 5.41) is 15.9. The Morgan fingerprint density at radius 3 is 1.51 bits per heavy atom. The van der Waals surface area contributed by atoms with E-state index >= 15 is 0 Å². The number of aliphatic carboxylic acids is 1. The molecule has 0 aliphatic heterocycles. The van der Waals surface area contributed by atoms with Crippen LogP contribution in [0.25, 0.3) is 0 Å². The van der Waals surface area contributed by atoms with Crippen molar-refractivity contribution in [3.05, 3.63) is 71.3 Å². The van der Waals surface area contributed by atoms with Crippen molar-refractivity contribution >= 4 is 24.1 Å². The van der Waals surface area contributed by atoms with E-state index in [1.165, 1.54) is 30.3 Å². The number of alkyl carbamates (subject to hydrolysis) is 2.